The minimum Gasteiger partial charge on any atom is -0.493 e. The summed E-state index contributed by atoms with van der Waals surface area (Å²) in [4.78, 5) is 0.155. The second-order valence-electron chi connectivity index (χ2n) is 4.54. The summed E-state index contributed by atoms with van der Waals surface area (Å²) in [7, 11) is 3.29. The third-order valence-corrected chi connectivity index (χ3v) is 5.11. The molecule has 0 aromatic heterocycles. The number of hydrogen-bond acceptors (Lipinski definition) is 3. The van der Waals surface area contributed by atoms with E-state index >= 15 is 0 Å². The first kappa shape index (κ1) is 15.1. The van der Waals surface area contributed by atoms with Crippen LogP contribution in [0.15, 0.2) is 16.6 Å². The first-order valence-corrected chi connectivity index (χ1v) is 8.05. The number of halogens is 2. The van der Waals surface area contributed by atoms with Crippen LogP contribution in [0.1, 0.15) is 29.7 Å². The van der Waals surface area contributed by atoms with Crippen molar-refractivity contribution in [1.82, 2.24) is 0 Å². The van der Waals surface area contributed by atoms with Crippen molar-refractivity contribution in [2.45, 2.75) is 30.2 Å². The van der Waals surface area contributed by atoms with E-state index in [1.165, 1.54) is 6.42 Å². The van der Waals surface area contributed by atoms with E-state index in [-0.39, 0.29) is 10.9 Å². The van der Waals surface area contributed by atoms with Crippen LogP contribution >= 0.6 is 31.9 Å². The predicted molar refractivity (Wildman–Crippen MR) is 82.5 cm³/mol. The van der Waals surface area contributed by atoms with Crippen LogP contribution in [0.25, 0.3) is 0 Å². The molecule has 1 aliphatic heterocycles. The average molecular weight is 394 g/mol. The van der Waals surface area contributed by atoms with Crippen LogP contribution < -0.4 is 9.47 Å². The summed E-state index contributed by atoms with van der Waals surface area (Å²) < 4.78 is 17.5. The molecule has 0 radical (unpaired) electrons. The Labute approximate surface area is 130 Å². The standard InChI is InChI=1S/C14H18Br2O3/c1-17-12-7-9(10(15)8-13(12)18-2)14(16)11-5-3-4-6-19-11/h7-8,11,14H,3-6H2,1-2H3. The van der Waals surface area contributed by atoms with Crippen molar-refractivity contribution in [1.29, 1.82) is 0 Å². The zero-order valence-electron chi connectivity index (χ0n) is 11.1. The quantitative estimate of drug-likeness (QED) is 0.706. The minimum atomic E-state index is 0.155. The zero-order chi connectivity index (χ0) is 13.8. The lowest BCUT2D eigenvalue weighted by Crippen LogP contribution is -2.23. The SMILES string of the molecule is COc1cc(Br)c(C(Br)C2CCCCO2)cc1OC. The summed E-state index contributed by atoms with van der Waals surface area (Å²) in [5.74, 6) is 1.46. The van der Waals surface area contributed by atoms with Crippen LogP contribution in [0.5, 0.6) is 11.5 Å². The largest absolute Gasteiger partial charge is 0.493 e. The lowest BCUT2D eigenvalue weighted by atomic mass is 10.0. The Bertz CT molecular complexity index is 431. The normalized spacial score (nSPS) is 20.9. The molecule has 0 amide bonds. The van der Waals surface area contributed by atoms with Crippen LogP contribution in [0, 0.1) is 0 Å². The molecule has 1 heterocycles. The Morgan fingerprint density at radius 1 is 1.21 bits per heavy atom. The number of hydrogen-bond donors (Lipinski definition) is 0. The van der Waals surface area contributed by atoms with Gasteiger partial charge in [-0.25, -0.2) is 0 Å². The molecular weight excluding hydrogens is 376 g/mol. The maximum absolute atomic E-state index is 5.84. The highest BCUT2D eigenvalue weighted by Crippen LogP contribution is 2.42. The Balaban J connectivity index is 2.27. The summed E-state index contributed by atoms with van der Waals surface area (Å²) in [6, 6.07) is 3.94. The molecule has 1 aromatic rings. The highest BCUT2D eigenvalue weighted by Gasteiger charge is 2.26. The third-order valence-electron chi connectivity index (χ3n) is 3.34. The molecule has 0 saturated carbocycles. The number of alkyl halides is 1. The van der Waals surface area contributed by atoms with Gasteiger partial charge in [0, 0.05) is 11.1 Å². The maximum atomic E-state index is 5.84. The molecule has 0 bridgehead atoms. The summed E-state index contributed by atoms with van der Waals surface area (Å²) in [6.45, 7) is 0.845. The van der Waals surface area contributed by atoms with Crippen LogP contribution in [-0.2, 0) is 4.74 Å². The lowest BCUT2D eigenvalue weighted by molar-refractivity contribution is 0.0159. The van der Waals surface area contributed by atoms with Gasteiger partial charge in [-0.3, -0.25) is 0 Å². The van der Waals surface area contributed by atoms with Crippen molar-refractivity contribution in [2.75, 3.05) is 20.8 Å². The molecule has 2 atom stereocenters. The van der Waals surface area contributed by atoms with E-state index in [1.54, 1.807) is 14.2 Å². The van der Waals surface area contributed by atoms with Crippen molar-refractivity contribution < 1.29 is 14.2 Å². The average Bonchev–Trinajstić information content (AvgIpc) is 2.47. The predicted octanol–water partition coefficient (Wildman–Crippen LogP) is 4.47. The molecule has 5 heteroatoms. The van der Waals surface area contributed by atoms with E-state index in [1.807, 2.05) is 12.1 Å². The van der Waals surface area contributed by atoms with E-state index in [0.717, 1.165) is 41.0 Å². The van der Waals surface area contributed by atoms with Crippen molar-refractivity contribution in [2.24, 2.45) is 0 Å². The molecule has 106 valence electrons. The summed E-state index contributed by atoms with van der Waals surface area (Å²) in [6.07, 6.45) is 3.67. The molecule has 1 saturated heterocycles. The molecule has 1 aliphatic rings. The van der Waals surface area contributed by atoms with Gasteiger partial charge in [0.05, 0.1) is 25.2 Å². The monoisotopic (exact) mass is 392 g/mol. The number of ether oxygens (including phenoxy) is 3. The smallest absolute Gasteiger partial charge is 0.161 e. The molecular formula is C14H18Br2O3. The summed E-state index contributed by atoms with van der Waals surface area (Å²) >= 11 is 7.35. The van der Waals surface area contributed by atoms with Crippen LogP contribution in [0.4, 0.5) is 0 Å². The number of rotatable bonds is 4. The highest BCUT2D eigenvalue weighted by molar-refractivity contribution is 9.11. The number of benzene rings is 1. The Morgan fingerprint density at radius 2 is 1.89 bits per heavy atom. The van der Waals surface area contributed by atoms with Gasteiger partial charge in [-0.1, -0.05) is 31.9 Å². The first-order chi connectivity index (χ1) is 9.17. The van der Waals surface area contributed by atoms with E-state index < -0.39 is 0 Å². The van der Waals surface area contributed by atoms with Crippen LogP contribution in [0.3, 0.4) is 0 Å². The first-order valence-electron chi connectivity index (χ1n) is 6.34. The van der Waals surface area contributed by atoms with E-state index in [4.69, 9.17) is 14.2 Å². The minimum absolute atomic E-state index is 0.155. The fourth-order valence-electron chi connectivity index (χ4n) is 2.28. The molecule has 3 nitrogen and oxygen atoms in total. The summed E-state index contributed by atoms with van der Waals surface area (Å²) in [5.41, 5.74) is 1.13. The zero-order valence-corrected chi connectivity index (χ0v) is 14.3. The van der Waals surface area contributed by atoms with Crippen molar-refractivity contribution >= 4 is 31.9 Å². The van der Waals surface area contributed by atoms with Gasteiger partial charge in [-0.15, -0.1) is 0 Å². The van der Waals surface area contributed by atoms with Gasteiger partial charge in [-0.2, -0.15) is 0 Å². The van der Waals surface area contributed by atoms with Crippen LogP contribution in [-0.4, -0.2) is 26.9 Å². The van der Waals surface area contributed by atoms with Crippen molar-refractivity contribution in [3.8, 4) is 11.5 Å². The number of methoxy groups -OCH3 is 2. The second-order valence-corrected chi connectivity index (χ2v) is 6.38. The lowest BCUT2D eigenvalue weighted by Gasteiger charge is -2.28. The Morgan fingerprint density at radius 3 is 2.47 bits per heavy atom. The van der Waals surface area contributed by atoms with Gasteiger partial charge in [0.2, 0.25) is 0 Å². The van der Waals surface area contributed by atoms with Gasteiger partial charge in [-0.05, 0) is 37.0 Å². The van der Waals surface area contributed by atoms with Crippen molar-refractivity contribution in [3.63, 3.8) is 0 Å². The molecule has 1 aromatic carbocycles. The summed E-state index contributed by atoms with van der Waals surface area (Å²) in [5, 5.41) is 0. The topological polar surface area (TPSA) is 27.7 Å². The Hall–Kier alpha value is -0.260. The van der Waals surface area contributed by atoms with Gasteiger partial charge in [0.15, 0.2) is 11.5 Å². The fraction of sp³-hybridized carbons (Fsp3) is 0.571. The molecule has 2 unspecified atom stereocenters. The molecule has 19 heavy (non-hydrogen) atoms. The van der Waals surface area contributed by atoms with Gasteiger partial charge in [0.25, 0.3) is 0 Å². The second kappa shape index (κ2) is 6.95. The van der Waals surface area contributed by atoms with Gasteiger partial charge in [0.1, 0.15) is 0 Å². The molecule has 0 aliphatic carbocycles. The third kappa shape index (κ3) is 3.44. The Kier molecular flexibility index (Phi) is 5.54. The molecule has 1 fully saturated rings. The van der Waals surface area contributed by atoms with E-state index in [2.05, 4.69) is 31.9 Å². The van der Waals surface area contributed by atoms with E-state index in [0.29, 0.717) is 0 Å². The molecule has 2 rings (SSSR count). The van der Waals surface area contributed by atoms with Gasteiger partial charge >= 0.3 is 0 Å². The highest BCUT2D eigenvalue weighted by atomic mass is 79.9. The maximum Gasteiger partial charge on any atom is 0.161 e. The van der Waals surface area contributed by atoms with Crippen LogP contribution in [0.2, 0.25) is 0 Å². The fourth-order valence-corrected chi connectivity index (χ4v) is 3.95. The molecule has 0 N–H and O–H groups in total. The van der Waals surface area contributed by atoms with E-state index in [9.17, 15) is 0 Å². The molecule has 0 spiro atoms. The van der Waals surface area contributed by atoms with Gasteiger partial charge < -0.3 is 14.2 Å². The van der Waals surface area contributed by atoms with Crippen molar-refractivity contribution in [3.05, 3.63) is 22.2 Å².